The van der Waals surface area contributed by atoms with Gasteiger partial charge in [-0.25, -0.2) is 0 Å². The van der Waals surface area contributed by atoms with Gasteiger partial charge in [0.15, 0.2) is 5.69 Å². The average Bonchev–Trinajstić information content (AvgIpc) is 3.15. The summed E-state index contributed by atoms with van der Waals surface area (Å²) in [6, 6.07) is 25.1. The van der Waals surface area contributed by atoms with Crippen molar-refractivity contribution in [1.82, 2.24) is 15.1 Å². The molecule has 0 unspecified atom stereocenters. The molecule has 0 aliphatic heterocycles. The van der Waals surface area contributed by atoms with E-state index in [0.29, 0.717) is 6.54 Å². The number of aromatic nitrogens is 2. The van der Waals surface area contributed by atoms with Gasteiger partial charge in [0.05, 0.1) is 12.1 Å². The van der Waals surface area contributed by atoms with E-state index in [-0.39, 0.29) is 5.69 Å². The molecule has 0 aliphatic carbocycles. The fraction of sp³-hybridized carbons (Fsp3) is 0.222. The van der Waals surface area contributed by atoms with Crippen molar-refractivity contribution >= 4 is 22.7 Å². The van der Waals surface area contributed by atoms with Crippen LogP contribution >= 0.6 is 0 Å². The molecule has 2 amide bonds. The van der Waals surface area contributed by atoms with E-state index in [2.05, 4.69) is 10.4 Å². The molecule has 0 saturated carbocycles. The zero-order chi connectivity index (χ0) is 23.6. The molecule has 6 nitrogen and oxygen atoms in total. The normalized spacial score (nSPS) is 12.5. The van der Waals surface area contributed by atoms with Crippen LogP contribution in [0.15, 0.2) is 78.9 Å². The van der Waals surface area contributed by atoms with Crippen molar-refractivity contribution in [3.8, 4) is 11.1 Å². The second kappa shape index (κ2) is 8.90. The maximum absolute atomic E-state index is 13.3. The first-order valence-corrected chi connectivity index (χ1v) is 10.9. The highest BCUT2D eigenvalue weighted by molar-refractivity contribution is 6.07. The second-order valence-electron chi connectivity index (χ2n) is 9.26. The van der Waals surface area contributed by atoms with Gasteiger partial charge in [-0.1, -0.05) is 87.5 Å². The number of primary amides is 1. The maximum Gasteiger partial charge on any atom is 0.273 e. The van der Waals surface area contributed by atoms with Crippen LogP contribution in [0, 0.1) is 5.41 Å². The molecule has 3 aromatic carbocycles. The van der Waals surface area contributed by atoms with Gasteiger partial charge in [0.1, 0.15) is 6.04 Å². The third-order valence-corrected chi connectivity index (χ3v) is 5.67. The SMILES string of the molecule is CC(C)(C)[C@H](NC(=O)c1nn(Cc2ccccc2)c2ccc(-c3ccccc3)cc12)C(N)=O. The highest BCUT2D eigenvalue weighted by Gasteiger charge is 2.32. The Morgan fingerprint density at radius 1 is 0.939 bits per heavy atom. The van der Waals surface area contributed by atoms with Gasteiger partial charge in [0.25, 0.3) is 5.91 Å². The molecule has 1 atom stereocenters. The first kappa shape index (κ1) is 22.3. The minimum atomic E-state index is -0.823. The van der Waals surface area contributed by atoms with Crippen molar-refractivity contribution in [1.29, 1.82) is 0 Å². The number of carbonyl (C=O) groups is 2. The Morgan fingerprint density at radius 3 is 2.18 bits per heavy atom. The van der Waals surface area contributed by atoms with Crippen LogP contribution < -0.4 is 11.1 Å². The number of hydrogen-bond donors (Lipinski definition) is 2. The topological polar surface area (TPSA) is 90.0 Å². The lowest BCUT2D eigenvalue weighted by molar-refractivity contribution is -0.122. The molecule has 33 heavy (non-hydrogen) atoms. The van der Waals surface area contributed by atoms with Crippen molar-refractivity contribution in [2.24, 2.45) is 11.1 Å². The van der Waals surface area contributed by atoms with Gasteiger partial charge < -0.3 is 11.1 Å². The van der Waals surface area contributed by atoms with Crippen molar-refractivity contribution in [3.63, 3.8) is 0 Å². The highest BCUT2D eigenvalue weighted by atomic mass is 16.2. The van der Waals surface area contributed by atoms with Gasteiger partial charge in [0, 0.05) is 5.39 Å². The van der Waals surface area contributed by atoms with Crippen molar-refractivity contribution in [2.45, 2.75) is 33.4 Å². The molecule has 0 spiro atoms. The largest absolute Gasteiger partial charge is 0.368 e. The number of nitrogens with zero attached hydrogens (tertiary/aromatic N) is 2. The van der Waals surface area contributed by atoms with Gasteiger partial charge in [-0.05, 0) is 34.2 Å². The number of carbonyl (C=O) groups excluding carboxylic acids is 2. The lowest BCUT2D eigenvalue weighted by Gasteiger charge is -2.28. The number of amides is 2. The Balaban J connectivity index is 1.80. The number of nitrogens with one attached hydrogen (secondary N) is 1. The Labute approximate surface area is 193 Å². The van der Waals surface area contributed by atoms with Crippen LogP contribution in [0.5, 0.6) is 0 Å². The molecular weight excluding hydrogens is 412 g/mol. The molecule has 0 fully saturated rings. The molecule has 0 radical (unpaired) electrons. The summed E-state index contributed by atoms with van der Waals surface area (Å²) in [6.07, 6.45) is 0. The fourth-order valence-electron chi connectivity index (χ4n) is 3.95. The first-order valence-electron chi connectivity index (χ1n) is 10.9. The molecular formula is C27H28N4O2. The molecule has 0 saturated heterocycles. The monoisotopic (exact) mass is 440 g/mol. The molecule has 4 rings (SSSR count). The number of hydrogen-bond acceptors (Lipinski definition) is 3. The average molecular weight is 441 g/mol. The smallest absolute Gasteiger partial charge is 0.273 e. The van der Waals surface area contributed by atoms with Crippen molar-refractivity contribution in [2.75, 3.05) is 0 Å². The van der Waals surface area contributed by atoms with Crippen LogP contribution in [0.25, 0.3) is 22.0 Å². The Kier molecular flexibility index (Phi) is 6.01. The third-order valence-electron chi connectivity index (χ3n) is 5.67. The fourth-order valence-corrected chi connectivity index (χ4v) is 3.95. The van der Waals surface area contributed by atoms with Gasteiger partial charge in [0.2, 0.25) is 5.91 Å². The number of rotatable bonds is 6. The standard InChI is InChI=1S/C27H28N4O2/c1-27(2,3)24(25(28)32)29-26(33)23-21-16-20(19-12-8-5-9-13-19)14-15-22(21)31(30-23)17-18-10-6-4-7-11-18/h4-16,24H,17H2,1-3H3,(H2,28,32)(H,29,33)/t24-/m1/s1. The molecule has 0 aliphatic rings. The van der Waals surface area contributed by atoms with Crippen LogP contribution in [0.1, 0.15) is 36.8 Å². The van der Waals surface area contributed by atoms with E-state index >= 15 is 0 Å². The predicted octanol–water partition coefficient (Wildman–Crippen LogP) is 4.38. The quantitative estimate of drug-likeness (QED) is 0.466. The first-order chi connectivity index (χ1) is 15.7. The van der Waals surface area contributed by atoms with E-state index in [1.165, 1.54) is 0 Å². The summed E-state index contributed by atoms with van der Waals surface area (Å²) in [5, 5.41) is 8.20. The van der Waals surface area contributed by atoms with Crippen LogP contribution in [-0.2, 0) is 11.3 Å². The van der Waals surface area contributed by atoms with Gasteiger partial charge in [-0.15, -0.1) is 0 Å². The van der Waals surface area contributed by atoms with Crippen LogP contribution in [-0.4, -0.2) is 27.6 Å². The Hall–Kier alpha value is -3.93. The van der Waals surface area contributed by atoms with Crippen molar-refractivity contribution < 1.29 is 9.59 Å². The van der Waals surface area contributed by atoms with Gasteiger partial charge >= 0.3 is 0 Å². The summed E-state index contributed by atoms with van der Waals surface area (Å²) in [4.78, 5) is 25.4. The van der Waals surface area contributed by atoms with Crippen LogP contribution in [0.4, 0.5) is 0 Å². The van der Waals surface area contributed by atoms with Crippen LogP contribution in [0.2, 0.25) is 0 Å². The zero-order valence-corrected chi connectivity index (χ0v) is 19.1. The molecule has 3 N–H and O–H groups in total. The number of benzene rings is 3. The van der Waals surface area contributed by atoms with E-state index in [1.807, 2.05) is 104 Å². The highest BCUT2D eigenvalue weighted by Crippen LogP contribution is 2.28. The molecule has 0 bridgehead atoms. The molecule has 168 valence electrons. The summed E-state index contributed by atoms with van der Waals surface area (Å²) in [6.45, 7) is 6.11. The molecule has 1 heterocycles. The van der Waals surface area contributed by atoms with E-state index in [9.17, 15) is 9.59 Å². The third kappa shape index (κ3) is 4.80. The molecule has 4 aromatic rings. The zero-order valence-electron chi connectivity index (χ0n) is 19.1. The summed E-state index contributed by atoms with van der Waals surface area (Å²) in [5.74, 6) is -0.996. The van der Waals surface area contributed by atoms with Gasteiger partial charge in [-0.3, -0.25) is 14.3 Å². The second-order valence-corrected chi connectivity index (χ2v) is 9.26. The Bertz CT molecular complexity index is 1290. The summed E-state index contributed by atoms with van der Waals surface area (Å²) in [7, 11) is 0. The lowest BCUT2D eigenvalue weighted by Crippen LogP contribution is -2.52. The minimum Gasteiger partial charge on any atom is -0.368 e. The van der Waals surface area contributed by atoms with E-state index in [4.69, 9.17) is 5.73 Å². The summed E-state index contributed by atoms with van der Waals surface area (Å²) < 4.78 is 1.82. The number of nitrogens with two attached hydrogens (primary N) is 1. The van der Waals surface area contributed by atoms with Crippen molar-refractivity contribution in [3.05, 3.63) is 90.1 Å². The summed E-state index contributed by atoms with van der Waals surface area (Å²) >= 11 is 0. The van der Waals surface area contributed by atoms with E-state index < -0.39 is 23.3 Å². The minimum absolute atomic E-state index is 0.272. The number of fused-ring (bicyclic) bond motifs is 1. The lowest BCUT2D eigenvalue weighted by atomic mass is 9.86. The molecule has 1 aromatic heterocycles. The molecule has 6 heteroatoms. The maximum atomic E-state index is 13.3. The summed E-state index contributed by atoms with van der Waals surface area (Å²) in [5.41, 5.74) is 9.28. The van der Waals surface area contributed by atoms with E-state index in [1.54, 1.807) is 0 Å². The van der Waals surface area contributed by atoms with Crippen LogP contribution in [0.3, 0.4) is 0 Å². The predicted molar refractivity (Wildman–Crippen MR) is 131 cm³/mol. The Morgan fingerprint density at radius 2 is 1.58 bits per heavy atom. The van der Waals surface area contributed by atoms with E-state index in [0.717, 1.165) is 27.6 Å². The van der Waals surface area contributed by atoms with Gasteiger partial charge in [-0.2, -0.15) is 5.10 Å².